The van der Waals surface area contributed by atoms with Crippen LogP contribution < -0.4 is 18.6 Å². The largest absolute Gasteiger partial charge is 0.305 e. The predicted octanol–water partition coefficient (Wildman–Crippen LogP) is 1.30. The Labute approximate surface area is 165 Å². The Bertz CT molecular complexity index is 799. The van der Waals surface area contributed by atoms with Crippen LogP contribution in [0.25, 0.3) is 21.7 Å². The van der Waals surface area contributed by atoms with Crippen molar-refractivity contribution in [3.63, 3.8) is 0 Å². The van der Waals surface area contributed by atoms with Crippen LogP contribution in [-0.2, 0) is 5.41 Å². The lowest BCUT2D eigenvalue weighted by atomic mass is 9.98. The van der Waals surface area contributed by atoms with Crippen LogP contribution in [-0.4, -0.2) is 4.98 Å². The maximum Gasteiger partial charge on any atom is 0.305 e. The van der Waals surface area contributed by atoms with Crippen molar-refractivity contribution in [1.82, 2.24) is 4.98 Å². The van der Waals surface area contributed by atoms with Gasteiger partial charge in [-0.3, -0.25) is 0 Å². The topological polar surface area (TPSA) is 105 Å². The van der Waals surface area contributed by atoms with Gasteiger partial charge in [-0.25, -0.2) is 18.6 Å². The number of hydrogen-bond donors (Lipinski definition) is 0. The van der Waals surface area contributed by atoms with Crippen molar-refractivity contribution in [2.45, 2.75) is 26.2 Å². The molecule has 142 valence electrons. The lowest BCUT2D eigenvalue weighted by Crippen LogP contribution is -2.68. The maximum atomic E-state index is 8.49. The summed E-state index contributed by atoms with van der Waals surface area (Å²) in [6.45, 7) is 6.65. The molecule has 7 heteroatoms. The summed E-state index contributed by atoms with van der Waals surface area (Å²) >= 11 is 1.78. The van der Waals surface area contributed by atoms with Crippen LogP contribution in [0.5, 0.6) is 0 Å². The Morgan fingerprint density at radius 1 is 0.778 bits per heavy atom. The standard InChI is InChI=1S/C20H20NS.ClHO4/c1-20(2,3)19-21-17(15-10-6-4-7-11-15)14-18(22-19)16-12-8-5-9-13-16;2-1(3,4)5/h4-14H,1-3H3;(H,2,3,4,5)/q+1;/p-1. The summed E-state index contributed by atoms with van der Waals surface area (Å²) in [6.07, 6.45) is 0. The smallest absolute Gasteiger partial charge is 0.222 e. The van der Waals surface area contributed by atoms with Crippen molar-refractivity contribution in [2.75, 3.05) is 0 Å². The summed E-state index contributed by atoms with van der Waals surface area (Å²) < 4.78 is 34.0. The van der Waals surface area contributed by atoms with Gasteiger partial charge in [0.1, 0.15) is 0 Å². The highest BCUT2D eigenvalue weighted by molar-refractivity contribution is 7.15. The molecule has 27 heavy (non-hydrogen) atoms. The van der Waals surface area contributed by atoms with E-state index in [1.54, 1.807) is 11.3 Å². The molecule has 0 aliphatic rings. The second-order valence-corrected chi connectivity index (χ2v) is 8.56. The van der Waals surface area contributed by atoms with Gasteiger partial charge in [-0.15, -0.1) is 10.2 Å². The molecule has 5 nitrogen and oxygen atoms in total. The molecule has 0 aliphatic carbocycles. The van der Waals surface area contributed by atoms with Crippen molar-refractivity contribution in [1.29, 1.82) is 0 Å². The van der Waals surface area contributed by atoms with Gasteiger partial charge >= 0.3 is 5.01 Å². The summed E-state index contributed by atoms with van der Waals surface area (Å²) in [5.74, 6) is 0. The number of halogens is 1. The van der Waals surface area contributed by atoms with Crippen molar-refractivity contribution < 1.29 is 28.9 Å². The van der Waals surface area contributed by atoms with Crippen LogP contribution in [0.15, 0.2) is 66.7 Å². The minimum atomic E-state index is -4.94. The van der Waals surface area contributed by atoms with Crippen LogP contribution in [0.3, 0.4) is 0 Å². The first-order chi connectivity index (χ1) is 12.5. The Balaban J connectivity index is 0.000000465. The predicted molar refractivity (Wildman–Crippen MR) is 96.1 cm³/mol. The fourth-order valence-electron chi connectivity index (χ4n) is 2.24. The maximum absolute atomic E-state index is 8.49. The average molecular weight is 406 g/mol. The first-order valence-electron chi connectivity index (χ1n) is 8.12. The molecule has 0 radical (unpaired) electrons. The molecular formula is C20H20ClNO4S. The number of nitrogens with zero attached hydrogens (tertiary/aromatic N) is 1. The van der Waals surface area contributed by atoms with Gasteiger partial charge in [0.25, 0.3) is 0 Å². The van der Waals surface area contributed by atoms with Gasteiger partial charge in [-0.1, -0.05) is 48.5 Å². The van der Waals surface area contributed by atoms with E-state index >= 15 is 0 Å². The molecule has 0 saturated heterocycles. The normalized spacial score (nSPS) is 11.5. The highest BCUT2D eigenvalue weighted by Crippen LogP contribution is 2.35. The van der Waals surface area contributed by atoms with E-state index in [-0.39, 0.29) is 5.41 Å². The van der Waals surface area contributed by atoms with Crippen molar-refractivity contribution >= 4 is 11.3 Å². The van der Waals surface area contributed by atoms with Crippen molar-refractivity contribution in [3.8, 4) is 21.7 Å². The van der Waals surface area contributed by atoms with Gasteiger partial charge < -0.3 is 0 Å². The fraction of sp³-hybridized carbons (Fsp3) is 0.200. The zero-order valence-electron chi connectivity index (χ0n) is 15.2. The van der Waals surface area contributed by atoms with Gasteiger partial charge in [-0.2, -0.15) is 4.98 Å². The van der Waals surface area contributed by atoms with E-state index in [1.165, 1.54) is 10.4 Å². The zero-order chi connectivity index (χ0) is 20.1. The second kappa shape index (κ2) is 8.84. The van der Waals surface area contributed by atoms with Gasteiger partial charge in [-0.05, 0) is 32.9 Å². The lowest BCUT2D eigenvalue weighted by molar-refractivity contribution is -2.00. The first-order valence-corrected chi connectivity index (χ1v) is 10.2. The summed E-state index contributed by atoms with van der Waals surface area (Å²) in [7, 11) is -4.94. The third-order valence-corrected chi connectivity index (χ3v) is 4.94. The van der Waals surface area contributed by atoms with Crippen LogP contribution in [0.1, 0.15) is 25.8 Å². The van der Waals surface area contributed by atoms with Gasteiger partial charge in [0, 0.05) is 17.2 Å². The highest BCUT2D eigenvalue weighted by atomic mass is 35.7. The highest BCUT2D eigenvalue weighted by Gasteiger charge is 2.29. The molecule has 0 fully saturated rings. The van der Waals surface area contributed by atoms with Gasteiger partial charge in [0.15, 0.2) is 0 Å². The Morgan fingerprint density at radius 2 is 1.22 bits per heavy atom. The van der Waals surface area contributed by atoms with Crippen molar-refractivity contribution in [3.05, 3.63) is 71.7 Å². The summed E-state index contributed by atoms with van der Waals surface area (Å²) in [4.78, 5) is 6.18. The monoisotopic (exact) mass is 405 g/mol. The molecule has 3 rings (SSSR count). The molecule has 0 unspecified atom stereocenters. The van der Waals surface area contributed by atoms with Crippen LogP contribution in [0.2, 0.25) is 0 Å². The molecular weight excluding hydrogens is 386 g/mol. The van der Waals surface area contributed by atoms with Crippen LogP contribution >= 0.6 is 11.3 Å². The number of hydrogen-bond acceptors (Lipinski definition) is 5. The van der Waals surface area contributed by atoms with E-state index in [9.17, 15) is 0 Å². The first kappa shape index (κ1) is 21.4. The van der Waals surface area contributed by atoms with E-state index in [4.69, 9.17) is 23.6 Å². The molecule has 0 spiro atoms. The minimum absolute atomic E-state index is 0.0407. The van der Waals surface area contributed by atoms with E-state index in [1.807, 2.05) is 6.07 Å². The molecule has 0 aliphatic heterocycles. The van der Waals surface area contributed by atoms with Crippen LogP contribution in [0.4, 0.5) is 0 Å². The van der Waals surface area contributed by atoms with Gasteiger partial charge in [0.2, 0.25) is 16.2 Å². The summed E-state index contributed by atoms with van der Waals surface area (Å²) in [6, 6.07) is 23.1. The third-order valence-electron chi connectivity index (χ3n) is 3.47. The van der Waals surface area contributed by atoms with Crippen molar-refractivity contribution in [2.24, 2.45) is 0 Å². The Morgan fingerprint density at radius 3 is 1.67 bits per heavy atom. The Hall–Kier alpha value is -1.93. The van der Waals surface area contributed by atoms with Gasteiger partial charge in [0.05, 0.1) is 11.1 Å². The SMILES string of the molecule is CC(C)(C)c1nc(-c2ccccc2)cc(-c2ccccc2)[s+]1.[O-][Cl+3]([O-])([O-])[O-]. The lowest BCUT2D eigenvalue weighted by Gasteiger charge is -2.17. The molecule has 3 aromatic rings. The quantitative estimate of drug-likeness (QED) is 0.597. The summed E-state index contributed by atoms with van der Waals surface area (Å²) in [5, 5.41) is 1.16. The Kier molecular flexibility index (Phi) is 7.00. The molecule has 2 aromatic carbocycles. The number of aromatic nitrogens is 1. The molecule has 1 aromatic heterocycles. The number of rotatable bonds is 2. The molecule has 0 N–H and O–H groups in total. The second-order valence-electron chi connectivity index (χ2n) is 6.77. The summed E-state index contributed by atoms with van der Waals surface area (Å²) in [5.41, 5.74) is 3.50. The van der Waals surface area contributed by atoms with E-state index < -0.39 is 10.2 Å². The van der Waals surface area contributed by atoms with E-state index in [2.05, 4.69) is 81.4 Å². The minimum Gasteiger partial charge on any atom is -0.222 e. The average Bonchev–Trinajstić information content (AvgIpc) is 2.61. The molecule has 0 amide bonds. The van der Waals surface area contributed by atoms with E-state index in [0.29, 0.717) is 0 Å². The molecule has 0 atom stereocenters. The van der Waals surface area contributed by atoms with E-state index in [0.717, 1.165) is 16.3 Å². The number of benzene rings is 2. The third kappa shape index (κ3) is 7.30. The molecule has 0 bridgehead atoms. The molecule has 1 heterocycles. The zero-order valence-corrected chi connectivity index (χ0v) is 16.8. The fourth-order valence-corrected chi connectivity index (χ4v) is 3.33. The van der Waals surface area contributed by atoms with Crippen LogP contribution in [0, 0.1) is 10.2 Å². The molecule has 0 saturated carbocycles.